The molecule has 228 valence electrons. The molecular weight excluding hydrogens is 565 g/mol. The number of fused-ring (bicyclic) bond motifs is 1. The highest BCUT2D eigenvalue weighted by molar-refractivity contribution is 7.52. The van der Waals surface area contributed by atoms with Crippen LogP contribution >= 0.6 is 7.75 Å². The van der Waals surface area contributed by atoms with Gasteiger partial charge in [0, 0.05) is 6.07 Å². The van der Waals surface area contributed by atoms with Crippen LogP contribution in [-0.4, -0.2) is 54.7 Å². The van der Waals surface area contributed by atoms with E-state index >= 15 is 0 Å². The maximum atomic E-state index is 14.1. The molecule has 3 N–H and O–H groups in total. The fraction of sp³-hybridized carbons (Fsp3) is 0.552. The van der Waals surface area contributed by atoms with Gasteiger partial charge in [-0.1, -0.05) is 24.6 Å². The highest BCUT2D eigenvalue weighted by Gasteiger charge is 2.59. The Balaban J connectivity index is 1.32. The topological polar surface area (TPSA) is 149 Å². The second-order valence-corrected chi connectivity index (χ2v) is 13.0. The molecule has 3 fully saturated rings. The van der Waals surface area contributed by atoms with Crippen molar-refractivity contribution in [3.8, 4) is 5.75 Å². The Bertz CT molecular complexity index is 1300. The number of pyridine rings is 1. The molecule has 3 heterocycles. The molecule has 3 aliphatic rings. The van der Waals surface area contributed by atoms with Crippen molar-refractivity contribution in [1.82, 2.24) is 5.09 Å². The first-order chi connectivity index (χ1) is 20.0. The lowest BCUT2D eigenvalue weighted by Gasteiger charge is -2.27. The molecule has 5 rings (SSSR count). The molecule has 0 radical (unpaired) electrons. The summed E-state index contributed by atoms with van der Waals surface area (Å²) in [7, 11) is -4.13. The van der Waals surface area contributed by atoms with Gasteiger partial charge < -0.3 is 29.2 Å². The number of hydrogen-bond acceptors (Lipinski definition) is 9. The quantitative estimate of drug-likeness (QED) is 0.222. The van der Waals surface area contributed by atoms with E-state index in [0.717, 1.165) is 32.1 Å². The third-order valence-electron chi connectivity index (χ3n) is 7.44. The van der Waals surface area contributed by atoms with E-state index in [1.165, 1.54) is 0 Å². The van der Waals surface area contributed by atoms with Gasteiger partial charge in [0.2, 0.25) is 0 Å². The molecule has 13 heteroatoms. The molecule has 1 amide bonds. The molecule has 1 aromatic carbocycles. The minimum absolute atomic E-state index is 0.153. The van der Waals surface area contributed by atoms with Crippen LogP contribution in [0.4, 0.5) is 0 Å². The largest absolute Gasteiger partial charge is 0.461 e. The molecule has 3 unspecified atom stereocenters. The highest BCUT2D eigenvalue weighted by Crippen LogP contribution is 2.47. The van der Waals surface area contributed by atoms with Gasteiger partial charge in [-0.3, -0.25) is 14.1 Å². The minimum atomic E-state index is -4.13. The van der Waals surface area contributed by atoms with E-state index in [9.17, 15) is 14.2 Å². The summed E-state index contributed by atoms with van der Waals surface area (Å²) in [6.07, 6.45) is 5.37. The van der Waals surface area contributed by atoms with Gasteiger partial charge in [-0.25, -0.2) is 4.57 Å². The molecule has 0 spiro atoms. The van der Waals surface area contributed by atoms with E-state index in [1.807, 2.05) is 0 Å². The lowest BCUT2D eigenvalue weighted by Crippen LogP contribution is -2.46. The molecule has 2 aromatic rings. The van der Waals surface area contributed by atoms with Gasteiger partial charge in [0.15, 0.2) is 24.3 Å². The predicted molar refractivity (Wildman–Crippen MR) is 149 cm³/mol. The summed E-state index contributed by atoms with van der Waals surface area (Å²) in [5.74, 6) is -1.73. The monoisotopic (exact) mass is 604 g/mol. The number of aromatic nitrogens is 1. The van der Waals surface area contributed by atoms with Crippen LogP contribution < -0.4 is 19.9 Å². The summed E-state index contributed by atoms with van der Waals surface area (Å²) in [6, 6.07) is 10.9. The Morgan fingerprint density at radius 3 is 2.52 bits per heavy atom. The fourth-order valence-corrected chi connectivity index (χ4v) is 6.95. The first-order valence-electron chi connectivity index (χ1n) is 14.3. The molecule has 6 atom stereocenters. The predicted octanol–water partition coefficient (Wildman–Crippen LogP) is 3.55. The maximum Gasteiger partial charge on any atom is 0.459 e. The third kappa shape index (κ3) is 7.37. The van der Waals surface area contributed by atoms with Crippen LogP contribution in [0.15, 0.2) is 54.9 Å². The van der Waals surface area contributed by atoms with Crippen molar-refractivity contribution in [3.05, 3.63) is 60.4 Å². The van der Waals surface area contributed by atoms with Crippen molar-refractivity contribution < 1.29 is 46.7 Å². The Morgan fingerprint density at radius 1 is 1.10 bits per heavy atom. The standard InChI is InChI=1S/C29H38N3O9P/c1-19(28(34)37-21-12-6-4-7-13-21)31-42(35,41-22-14-8-5-9-15-22)36-18-23-24-25(40-29(2,3)39-24)27(38-23)32-16-10-11-20(17-32)26(30)33/h5,8-11,14-17,19,21,23-25,27H,4,6-7,12-13,18H2,1-3H3,(H2-,30,31,33,35)/p+1/t19-,23+,24?,25?,27+,42?/m0/s1. The second-order valence-electron chi connectivity index (χ2n) is 11.3. The summed E-state index contributed by atoms with van der Waals surface area (Å²) < 4.78 is 51.7. The zero-order chi connectivity index (χ0) is 29.9. The maximum absolute atomic E-state index is 14.1. The molecule has 1 aromatic heterocycles. The van der Waals surface area contributed by atoms with Crippen molar-refractivity contribution in [1.29, 1.82) is 0 Å². The van der Waals surface area contributed by atoms with E-state index in [2.05, 4.69) is 5.09 Å². The lowest BCUT2D eigenvalue weighted by atomic mass is 9.98. The number of nitrogens with two attached hydrogens (primary N) is 1. The normalized spacial score (nSPS) is 27.5. The van der Waals surface area contributed by atoms with Crippen molar-refractivity contribution in [3.63, 3.8) is 0 Å². The average Bonchev–Trinajstić information content (AvgIpc) is 3.45. The van der Waals surface area contributed by atoms with Crippen LogP contribution in [0.25, 0.3) is 0 Å². The summed E-state index contributed by atoms with van der Waals surface area (Å²) in [6.45, 7) is 4.92. The molecule has 0 bridgehead atoms. The van der Waals surface area contributed by atoms with Crippen LogP contribution in [-0.2, 0) is 32.8 Å². The number of nitrogens with zero attached hydrogens (tertiary/aromatic N) is 1. The summed E-state index contributed by atoms with van der Waals surface area (Å²) in [5, 5.41) is 2.75. The first-order valence-corrected chi connectivity index (χ1v) is 15.9. The number of esters is 1. The molecule has 2 saturated heterocycles. The first kappa shape index (κ1) is 30.6. The number of carbonyl (C=O) groups is 2. The van der Waals surface area contributed by atoms with E-state index in [4.69, 9.17) is 33.7 Å². The molecule has 42 heavy (non-hydrogen) atoms. The van der Waals surface area contributed by atoms with Gasteiger partial charge in [-0.15, -0.1) is 0 Å². The third-order valence-corrected chi connectivity index (χ3v) is 9.09. The van der Waals surface area contributed by atoms with Crippen molar-refractivity contribution >= 4 is 19.6 Å². The van der Waals surface area contributed by atoms with Crippen molar-refractivity contribution in [2.45, 2.75) is 95.3 Å². The SMILES string of the molecule is C[C@H](NP(=O)(OC[C@H]1O[C@@H]([n+]2cccc(C(N)=O)c2)C2OC(C)(C)OC21)Oc1ccccc1)C(=O)OC1CCCCC1. The van der Waals surface area contributed by atoms with Gasteiger partial charge in [-0.2, -0.15) is 9.65 Å². The Morgan fingerprint density at radius 2 is 1.81 bits per heavy atom. The van der Waals surface area contributed by atoms with Gasteiger partial charge in [0.05, 0.1) is 6.61 Å². The summed E-state index contributed by atoms with van der Waals surface area (Å²) in [4.78, 5) is 24.7. The van der Waals surface area contributed by atoms with Gasteiger partial charge in [0.1, 0.15) is 35.7 Å². The lowest BCUT2D eigenvalue weighted by molar-refractivity contribution is -0.766. The number of nitrogens with one attached hydrogen (secondary N) is 1. The van der Waals surface area contributed by atoms with Crippen LogP contribution in [0.2, 0.25) is 0 Å². The fourth-order valence-electron chi connectivity index (χ4n) is 5.45. The number of amides is 1. The molecule has 1 aliphatic carbocycles. The molecule has 12 nitrogen and oxygen atoms in total. The smallest absolute Gasteiger partial charge is 0.459 e. The Labute approximate surface area is 245 Å². The van der Waals surface area contributed by atoms with Gasteiger partial charge in [0.25, 0.3) is 12.1 Å². The number of hydrogen-bond donors (Lipinski definition) is 2. The Hall–Kier alpha value is -2.86. The molecule has 2 aliphatic heterocycles. The molecule has 1 saturated carbocycles. The number of rotatable bonds is 11. The highest BCUT2D eigenvalue weighted by atomic mass is 31.2. The van der Waals surface area contributed by atoms with Gasteiger partial charge >= 0.3 is 13.7 Å². The number of primary amides is 1. The number of benzene rings is 1. The van der Waals surface area contributed by atoms with E-state index in [-0.39, 0.29) is 12.7 Å². The summed E-state index contributed by atoms with van der Waals surface area (Å²) in [5.41, 5.74) is 5.78. The van der Waals surface area contributed by atoms with Crippen LogP contribution in [0.1, 0.15) is 69.5 Å². The zero-order valence-corrected chi connectivity index (χ0v) is 24.9. The van der Waals surface area contributed by atoms with E-state index in [0.29, 0.717) is 11.3 Å². The molecular formula is C29H39N3O9P+. The van der Waals surface area contributed by atoms with E-state index < -0.39 is 56.0 Å². The van der Waals surface area contributed by atoms with Crippen LogP contribution in [0.3, 0.4) is 0 Å². The number of para-hydroxylation sites is 1. The number of ether oxygens (including phenoxy) is 4. The van der Waals surface area contributed by atoms with Crippen molar-refractivity contribution in [2.75, 3.05) is 6.61 Å². The Kier molecular flexibility index (Phi) is 9.31. The van der Waals surface area contributed by atoms with Crippen LogP contribution in [0.5, 0.6) is 5.75 Å². The van der Waals surface area contributed by atoms with E-state index in [1.54, 1.807) is 80.2 Å². The number of carbonyl (C=O) groups excluding carboxylic acids is 2. The average molecular weight is 605 g/mol. The minimum Gasteiger partial charge on any atom is -0.461 e. The second kappa shape index (κ2) is 12.8. The van der Waals surface area contributed by atoms with Crippen LogP contribution in [0, 0.1) is 0 Å². The van der Waals surface area contributed by atoms with Crippen molar-refractivity contribution in [2.24, 2.45) is 5.73 Å². The van der Waals surface area contributed by atoms with Gasteiger partial charge in [-0.05, 0) is 64.7 Å². The summed E-state index contributed by atoms with van der Waals surface area (Å²) >= 11 is 0. The zero-order valence-electron chi connectivity index (χ0n) is 24.0.